The van der Waals surface area contributed by atoms with Crippen molar-refractivity contribution in [2.24, 2.45) is 5.92 Å². The van der Waals surface area contributed by atoms with Gasteiger partial charge in [-0.15, -0.1) is 0 Å². The first-order valence-electron chi connectivity index (χ1n) is 8.87. The van der Waals surface area contributed by atoms with Crippen molar-refractivity contribution in [2.45, 2.75) is 51.5 Å². The number of amides is 1. The van der Waals surface area contributed by atoms with Crippen LogP contribution in [0.1, 0.15) is 44.2 Å². The van der Waals surface area contributed by atoms with E-state index in [1.54, 1.807) is 12.3 Å². The number of hydrogen-bond donors (Lipinski definition) is 1. The minimum absolute atomic E-state index is 0.191. The second-order valence-electron chi connectivity index (χ2n) is 6.91. The SMILES string of the molecule is Cc1ccc(OC2=CC(=O)N([C@@H](CC3CCCCC3)C(=O)O)C2)cn1. The number of carbonyl (C=O) groups is 2. The summed E-state index contributed by atoms with van der Waals surface area (Å²) in [7, 11) is 0. The van der Waals surface area contributed by atoms with Gasteiger partial charge in [0.15, 0.2) is 0 Å². The van der Waals surface area contributed by atoms with Gasteiger partial charge in [0.05, 0.1) is 12.7 Å². The fraction of sp³-hybridized carbons (Fsp3) is 0.526. The number of carboxylic acid groups (broad SMARTS) is 1. The Morgan fingerprint density at radius 1 is 1.36 bits per heavy atom. The molecule has 25 heavy (non-hydrogen) atoms. The molecule has 1 aromatic rings. The zero-order valence-corrected chi connectivity index (χ0v) is 14.5. The highest BCUT2D eigenvalue weighted by atomic mass is 16.5. The average molecular weight is 344 g/mol. The first-order valence-corrected chi connectivity index (χ1v) is 8.87. The Morgan fingerprint density at radius 3 is 2.76 bits per heavy atom. The largest absolute Gasteiger partial charge is 0.480 e. The van der Waals surface area contributed by atoms with Crippen molar-refractivity contribution in [1.29, 1.82) is 0 Å². The Morgan fingerprint density at radius 2 is 2.12 bits per heavy atom. The van der Waals surface area contributed by atoms with Gasteiger partial charge in [-0.1, -0.05) is 32.1 Å². The summed E-state index contributed by atoms with van der Waals surface area (Å²) in [5.74, 6) is 0.161. The van der Waals surface area contributed by atoms with Crippen LogP contribution in [0, 0.1) is 12.8 Å². The molecular weight excluding hydrogens is 320 g/mol. The van der Waals surface area contributed by atoms with E-state index in [0.717, 1.165) is 31.4 Å². The number of rotatable bonds is 6. The molecule has 1 aliphatic heterocycles. The van der Waals surface area contributed by atoms with E-state index in [1.807, 2.05) is 13.0 Å². The lowest BCUT2D eigenvalue weighted by molar-refractivity contribution is -0.148. The molecule has 1 aliphatic carbocycles. The van der Waals surface area contributed by atoms with Gasteiger partial charge in [0.25, 0.3) is 5.91 Å². The maximum absolute atomic E-state index is 12.3. The van der Waals surface area contributed by atoms with Gasteiger partial charge in [-0.3, -0.25) is 9.78 Å². The van der Waals surface area contributed by atoms with Crippen LogP contribution in [0.3, 0.4) is 0 Å². The lowest BCUT2D eigenvalue weighted by atomic mass is 9.84. The minimum atomic E-state index is -0.939. The van der Waals surface area contributed by atoms with Gasteiger partial charge < -0.3 is 14.7 Å². The maximum atomic E-state index is 12.3. The topological polar surface area (TPSA) is 79.7 Å². The number of aliphatic carboxylic acids is 1. The van der Waals surface area contributed by atoms with E-state index in [2.05, 4.69) is 4.98 Å². The Balaban J connectivity index is 1.64. The monoisotopic (exact) mass is 344 g/mol. The molecule has 1 fully saturated rings. The lowest BCUT2D eigenvalue weighted by Crippen LogP contribution is -2.44. The quantitative estimate of drug-likeness (QED) is 0.858. The molecule has 0 spiro atoms. The van der Waals surface area contributed by atoms with Crippen molar-refractivity contribution < 1.29 is 19.4 Å². The summed E-state index contributed by atoms with van der Waals surface area (Å²) >= 11 is 0. The standard InChI is InChI=1S/C19H24N2O4/c1-13-7-8-15(11-20-13)25-16-10-18(22)21(12-16)17(19(23)24)9-14-5-3-2-4-6-14/h7-8,10-11,14,17H,2-6,9,12H2,1H3,(H,23,24)/t17-/m0/s1. The first kappa shape index (κ1) is 17.5. The highest BCUT2D eigenvalue weighted by Crippen LogP contribution is 2.30. The van der Waals surface area contributed by atoms with Crippen molar-refractivity contribution in [1.82, 2.24) is 9.88 Å². The molecule has 6 nitrogen and oxygen atoms in total. The summed E-state index contributed by atoms with van der Waals surface area (Å²) in [6.45, 7) is 2.07. The van der Waals surface area contributed by atoms with Crippen molar-refractivity contribution in [2.75, 3.05) is 6.54 Å². The smallest absolute Gasteiger partial charge is 0.326 e. The van der Waals surface area contributed by atoms with Crippen LogP contribution >= 0.6 is 0 Å². The highest BCUT2D eigenvalue weighted by Gasteiger charge is 2.36. The van der Waals surface area contributed by atoms with Crippen LogP contribution in [0.15, 0.2) is 30.2 Å². The predicted octanol–water partition coefficient (Wildman–Crippen LogP) is 2.92. The molecular formula is C19H24N2O4. The Hall–Kier alpha value is -2.37. The molecule has 2 heterocycles. The number of ether oxygens (including phenoxy) is 1. The summed E-state index contributed by atoms with van der Waals surface area (Å²) in [4.78, 5) is 29.6. The zero-order chi connectivity index (χ0) is 17.8. The van der Waals surface area contributed by atoms with E-state index in [-0.39, 0.29) is 12.5 Å². The van der Waals surface area contributed by atoms with E-state index >= 15 is 0 Å². The fourth-order valence-electron chi connectivity index (χ4n) is 3.60. The second-order valence-corrected chi connectivity index (χ2v) is 6.91. The third-order valence-corrected chi connectivity index (χ3v) is 4.97. The number of carboxylic acids is 1. The van der Waals surface area contributed by atoms with Gasteiger partial charge in [0.2, 0.25) is 0 Å². The lowest BCUT2D eigenvalue weighted by Gasteiger charge is -2.30. The van der Waals surface area contributed by atoms with Crippen molar-refractivity contribution in [3.8, 4) is 5.75 Å². The first-order chi connectivity index (χ1) is 12.0. The predicted molar refractivity (Wildman–Crippen MR) is 92.0 cm³/mol. The zero-order valence-electron chi connectivity index (χ0n) is 14.5. The summed E-state index contributed by atoms with van der Waals surface area (Å²) in [5.41, 5.74) is 0.879. The Labute approximate surface area is 147 Å². The molecule has 1 saturated carbocycles. The Kier molecular flexibility index (Phi) is 5.36. The van der Waals surface area contributed by atoms with Gasteiger partial charge in [-0.25, -0.2) is 4.79 Å². The minimum Gasteiger partial charge on any atom is -0.480 e. The van der Waals surface area contributed by atoms with Crippen molar-refractivity contribution in [3.63, 3.8) is 0 Å². The van der Waals surface area contributed by atoms with E-state index in [4.69, 9.17) is 4.74 Å². The third-order valence-electron chi connectivity index (χ3n) is 4.97. The number of hydrogen-bond acceptors (Lipinski definition) is 4. The van der Waals surface area contributed by atoms with Gasteiger partial charge in [0, 0.05) is 11.8 Å². The summed E-state index contributed by atoms with van der Waals surface area (Å²) in [5, 5.41) is 9.62. The fourth-order valence-corrected chi connectivity index (χ4v) is 3.60. The highest BCUT2D eigenvalue weighted by molar-refractivity contribution is 5.94. The summed E-state index contributed by atoms with van der Waals surface area (Å²) in [6, 6.07) is 2.82. The van der Waals surface area contributed by atoms with Crippen LogP contribution in [0.5, 0.6) is 5.75 Å². The molecule has 1 N–H and O–H groups in total. The second kappa shape index (κ2) is 7.68. The molecule has 3 rings (SSSR count). The van der Waals surface area contributed by atoms with Crippen LogP contribution in [0.25, 0.3) is 0 Å². The molecule has 6 heteroatoms. The molecule has 0 unspecified atom stereocenters. The number of pyridine rings is 1. The molecule has 0 bridgehead atoms. The molecule has 0 saturated heterocycles. The van der Waals surface area contributed by atoms with Crippen molar-refractivity contribution >= 4 is 11.9 Å². The number of carbonyl (C=O) groups excluding carboxylic acids is 1. The number of nitrogens with zero attached hydrogens (tertiary/aromatic N) is 2. The average Bonchev–Trinajstić information content (AvgIpc) is 2.95. The molecule has 134 valence electrons. The third kappa shape index (κ3) is 4.38. The van der Waals surface area contributed by atoms with Crippen molar-refractivity contribution in [3.05, 3.63) is 35.9 Å². The van der Waals surface area contributed by atoms with Gasteiger partial charge in [-0.2, -0.15) is 0 Å². The summed E-state index contributed by atoms with van der Waals surface area (Å²) in [6.07, 6.45) is 9.14. The normalized spacial score (nSPS) is 19.6. The molecule has 1 aromatic heterocycles. The number of aromatic nitrogens is 1. The molecule has 1 amide bonds. The van der Waals surface area contributed by atoms with Crippen LogP contribution in [-0.2, 0) is 9.59 Å². The van der Waals surface area contributed by atoms with Crippen LogP contribution in [0.2, 0.25) is 0 Å². The van der Waals surface area contributed by atoms with Crippen LogP contribution in [0.4, 0.5) is 0 Å². The summed E-state index contributed by atoms with van der Waals surface area (Å²) < 4.78 is 5.69. The van der Waals surface area contributed by atoms with E-state index in [1.165, 1.54) is 17.4 Å². The molecule has 0 aromatic carbocycles. The number of aryl methyl sites for hydroxylation is 1. The van der Waals surface area contributed by atoms with E-state index < -0.39 is 12.0 Å². The maximum Gasteiger partial charge on any atom is 0.326 e. The van der Waals surface area contributed by atoms with Crippen LogP contribution < -0.4 is 4.74 Å². The van der Waals surface area contributed by atoms with E-state index in [9.17, 15) is 14.7 Å². The molecule has 2 aliphatic rings. The molecule has 1 atom stereocenters. The van der Waals surface area contributed by atoms with Crippen LogP contribution in [-0.4, -0.2) is 39.5 Å². The molecule has 0 radical (unpaired) electrons. The van der Waals surface area contributed by atoms with Gasteiger partial charge >= 0.3 is 5.97 Å². The Bertz CT molecular complexity index is 663. The van der Waals surface area contributed by atoms with Gasteiger partial charge in [-0.05, 0) is 31.4 Å². The van der Waals surface area contributed by atoms with Gasteiger partial charge in [0.1, 0.15) is 17.6 Å². The van der Waals surface area contributed by atoms with E-state index in [0.29, 0.717) is 23.8 Å².